The Morgan fingerprint density at radius 3 is 1.31 bits per heavy atom. The molecule has 4 aromatic rings. The van der Waals surface area contributed by atoms with Crippen molar-refractivity contribution >= 4 is 86.9 Å². The largest absolute Gasteiger partial charge is 0.483 e. The van der Waals surface area contributed by atoms with Crippen molar-refractivity contribution in [3.8, 4) is 11.5 Å². The summed E-state index contributed by atoms with van der Waals surface area (Å²) in [5, 5.41) is 5.68. The number of carbonyl (C=O) groups excluding carboxylic acids is 2. The molecule has 2 N–H and O–H groups in total. The molecule has 6 nitrogen and oxygen atoms in total. The predicted octanol–water partition coefficient (Wildman–Crippen LogP) is 8.36. The molecule has 0 aliphatic carbocycles. The number of hydrogen-bond donors (Lipinski definition) is 2. The van der Waals surface area contributed by atoms with E-state index in [1.807, 2.05) is 72.8 Å². The van der Waals surface area contributed by atoms with Gasteiger partial charge in [0, 0.05) is 20.3 Å². The number of hydrogen-bond acceptors (Lipinski definition) is 4. The molecule has 4 aromatic carbocycles. The number of anilines is 2. The summed E-state index contributed by atoms with van der Waals surface area (Å²) >= 11 is 13.6. The highest BCUT2D eigenvalue weighted by molar-refractivity contribution is 9.11. The molecule has 0 aliphatic rings. The lowest BCUT2D eigenvalue weighted by atomic mass is 10.0. The first-order valence-corrected chi connectivity index (χ1v) is 14.9. The van der Waals surface area contributed by atoms with Crippen molar-refractivity contribution in [2.45, 2.75) is 6.42 Å². The molecule has 0 radical (unpaired) electrons. The fraction of sp³-hybridized carbons (Fsp3) is 0.103. The summed E-state index contributed by atoms with van der Waals surface area (Å²) in [5.74, 6) is 0.698. The van der Waals surface area contributed by atoms with E-state index in [-0.39, 0.29) is 25.0 Å². The average molecular weight is 782 g/mol. The summed E-state index contributed by atoms with van der Waals surface area (Å²) in [7, 11) is 0. The van der Waals surface area contributed by atoms with Gasteiger partial charge in [0.05, 0.1) is 8.95 Å². The van der Waals surface area contributed by atoms with E-state index in [0.29, 0.717) is 29.3 Å². The van der Waals surface area contributed by atoms with Gasteiger partial charge in [0.2, 0.25) is 0 Å². The van der Waals surface area contributed by atoms with E-state index in [9.17, 15) is 9.59 Å². The quantitative estimate of drug-likeness (QED) is 0.170. The Labute approximate surface area is 260 Å². The molecular weight excluding hydrogens is 760 g/mol. The molecule has 0 heterocycles. The lowest BCUT2D eigenvalue weighted by Gasteiger charge is -2.10. The highest BCUT2D eigenvalue weighted by Crippen LogP contribution is 2.29. The van der Waals surface area contributed by atoms with E-state index in [0.717, 1.165) is 29.0 Å². The minimum atomic E-state index is -0.245. The van der Waals surface area contributed by atoms with Crippen molar-refractivity contribution in [2.24, 2.45) is 0 Å². The van der Waals surface area contributed by atoms with Gasteiger partial charge in [-0.3, -0.25) is 9.59 Å². The van der Waals surface area contributed by atoms with Crippen LogP contribution in [0.25, 0.3) is 0 Å². The zero-order valence-electron chi connectivity index (χ0n) is 20.3. The molecule has 0 unspecified atom stereocenters. The van der Waals surface area contributed by atoms with Crippen LogP contribution in [0, 0.1) is 0 Å². The van der Waals surface area contributed by atoms with Crippen LogP contribution >= 0.6 is 63.7 Å². The van der Waals surface area contributed by atoms with Crippen LogP contribution in [0.15, 0.2) is 103 Å². The van der Waals surface area contributed by atoms with Crippen LogP contribution in [-0.4, -0.2) is 25.0 Å². The number of carbonyl (C=O) groups is 2. The SMILES string of the molecule is O=C(COc1ccc(Br)cc1Br)Nc1ccc(Cc2ccc(NC(=O)COc3ccc(Br)cc3Br)cc2)cc1. The van der Waals surface area contributed by atoms with Gasteiger partial charge in [-0.1, -0.05) is 56.1 Å². The van der Waals surface area contributed by atoms with Gasteiger partial charge in [-0.2, -0.15) is 0 Å². The van der Waals surface area contributed by atoms with E-state index >= 15 is 0 Å². The number of ether oxygens (including phenoxy) is 2. The third-order valence-corrected chi connectivity index (χ3v) is 7.61. The number of nitrogens with one attached hydrogen (secondary N) is 2. The second kappa shape index (κ2) is 14.1. The highest BCUT2D eigenvalue weighted by Gasteiger charge is 2.09. The van der Waals surface area contributed by atoms with E-state index in [1.54, 1.807) is 12.1 Å². The fourth-order valence-corrected chi connectivity index (χ4v) is 5.84. The van der Waals surface area contributed by atoms with Crippen molar-refractivity contribution in [1.82, 2.24) is 0 Å². The standard InChI is InChI=1S/C29H22Br4N2O4/c30-20-5-11-26(24(32)14-20)38-16-28(36)34-22-7-1-18(2-8-22)13-19-3-9-23(10-4-19)35-29(37)17-39-27-12-6-21(31)15-25(27)33/h1-12,14-15H,13,16-17H2,(H,34,36)(H,35,37). The third kappa shape index (κ3) is 9.20. The monoisotopic (exact) mass is 778 g/mol. The second-order valence-corrected chi connectivity index (χ2v) is 11.9. The zero-order chi connectivity index (χ0) is 27.8. The van der Waals surface area contributed by atoms with E-state index in [4.69, 9.17) is 9.47 Å². The van der Waals surface area contributed by atoms with Crippen molar-refractivity contribution in [3.05, 3.63) is 114 Å². The molecule has 10 heteroatoms. The number of rotatable bonds is 10. The molecule has 2 amide bonds. The average Bonchev–Trinajstić information content (AvgIpc) is 2.90. The van der Waals surface area contributed by atoms with Crippen molar-refractivity contribution in [2.75, 3.05) is 23.8 Å². The summed E-state index contributed by atoms with van der Waals surface area (Å²) in [5.41, 5.74) is 3.57. The summed E-state index contributed by atoms with van der Waals surface area (Å²) in [4.78, 5) is 24.6. The van der Waals surface area contributed by atoms with Crippen LogP contribution < -0.4 is 20.1 Å². The minimum Gasteiger partial charge on any atom is -0.483 e. The van der Waals surface area contributed by atoms with Gasteiger partial charge in [0.1, 0.15) is 11.5 Å². The molecule has 0 aromatic heterocycles. The Bertz CT molecular complexity index is 1350. The predicted molar refractivity (Wildman–Crippen MR) is 168 cm³/mol. The molecule has 200 valence electrons. The number of halogens is 4. The topological polar surface area (TPSA) is 76.7 Å². The minimum absolute atomic E-state index is 0.0984. The van der Waals surface area contributed by atoms with Crippen LogP contribution in [0.3, 0.4) is 0 Å². The van der Waals surface area contributed by atoms with Gasteiger partial charge >= 0.3 is 0 Å². The Hall–Kier alpha value is -2.66. The highest BCUT2D eigenvalue weighted by atomic mass is 79.9. The Kier molecular flexibility index (Phi) is 10.6. The molecule has 39 heavy (non-hydrogen) atoms. The van der Waals surface area contributed by atoms with Crippen LogP contribution in [0.2, 0.25) is 0 Å². The van der Waals surface area contributed by atoms with Crippen molar-refractivity contribution in [3.63, 3.8) is 0 Å². The maximum Gasteiger partial charge on any atom is 0.262 e. The molecule has 0 saturated heterocycles. The molecule has 0 bridgehead atoms. The van der Waals surface area contributed by atoms with Gasteiger partial charge in [-0.15, -0.1) is 0 Å². The van der Waals surface area contributed by atoms with E-state index < -0.39 is 0 Å². The lowest BCUT2D eigenvalue weighted by molar-refractivity contribution is -0.118. The molecule has 4 rings (SSSR count). The molecule has 0 spiro atoms. The summed E-state index contributed by atoms with van der Waals surface area (Å²) in [6.45, 7) is -0.197. The summed E-state index contributed by atoms with van der Waals surface area (Å²) in [6.07, 6.45) is 0.712. The van der Waals surface area contributed by atoms with Crippen LogP contribution in [-0.2, 0) is 16.0 Å². The first kappa shape index (κ1) is 29.3. The zero-order valence-corrected chi connectivity index (χ0v) is 26.7. The Morgan fingerprint density at radius 1 is 0.564 bits per heavy atom. The normalized spacial score (nSPS) is 10.6. The van der Waals surface area contributed by atoms with Gasteiger partial charge in [-0.05, 0) is 110 Å². The maximum absolute atomic E-state index is 12.3. The van der Waals surface area contributed by atoms with Gasteiger partial charge in [0.25, 0.3) is 11.8 Å². The molecule has 0 aliphatic heterocycles. The lowest BCUT2D eigenvalue weighted by Crippen LogP contribution is -2.20. The van der Waals surface area contributed by atoms with E-state index in [1.165, 1.54) is 0 Å². The van der Waals surface area contributed by atoms with Gasteiger partial charge in [-0.25, -0.2) is 0 Å². The van der Waals surface area contributed by atoms with Gasteiger partial charge in [0.15, 0.2) is 13.2 Å². The number of benzene rings is 4. The van der Waals surface area contributed by atoms with E-state index in [2.05, 4.69) is 74.4 Å². The van der Waals surface area contributed by atoms with Gasteiger partial charge < -0.3 is 20.1 Å². The fourth-order valence-electron chi connectivity index (χ4n) is 3.51. The molecule has 0 fully saturated rings. The first-order chi connectivity index (χ1) is 18.7. The van der Waals surface area contributed by atoms with Crippen LogP contribution in [0.1, 0.15) is 11.1 Å². The third-order valence-electron chi connectivity index (χ3n) is 5.39. The molecule has 0 atom stereocenters. The molecule has 0 saturated carbocycles. The number of amides is 2. The Morgan fingerprint density at radius 2 is 0.949 bits per heavy atom. The smallest absolute Gasteiger partial charge is 0.262 e. The van der Waals surface area contributed by atoms with Crippen LogP contribution in [0.4, 0.5) is 11.4 Å². The van der Waals surface area contributed by atoms with Crippen LogP contribution in [0.5, 0.6) is 11.5 Å². The second-order valence-electron chi connectivity index (χ2n) is 8.39. The Balaban J connectivity index is 1.22. The maximum atomic E-state index is 12.3. The first-order valence-electron chi connectivity index (χ1n) is 11.7. The van der Waals surface area contributed by atoms with Crippen molar-refractivity contribution < 1.29 is 19.1 Å². The molecular formula is C29H22Br4N2O4. The van der Waals surface area contributed by atoms with Crippen molar-refractivity contribution in [1.29, 1.82) is 0 Å². The summed E-state index contributed by atoms with van der Waals surface area (Å²) in [6, 6.07) is 26.3. The summed E-state index contributed by atoms with van der Waals surface area (Å²) < 4.78 is 14.5.